The van der Waals surface area contributed by atoms with Crippen LogP contribution in [0.4, 0.5) is 5.69 Å². The summed E-state index contributed by atoms with van der Waals surface area (Å²) in [5.74, 6) is 0.223. The van der Waals surface area contributed by atoms with Gasteiger partial charge in [0.25, 0.3) is 5.91 Å². The Kier molecular flexibility index (Phi) is 5.66. The fourth-order valence-corrected chi connectivity index (χ4v) is 2.67. The molecular formula is C22H21N5O. The van der Waals surface area contributed by atoms with Crippen molar-refractivity contribution in [2.75, 3.05) is 11.9 Å². The first-order chi connectivity index (χ1) is 13.5. The molecule has 1 aliphatic heterocycles. The standard InChI is InChI=1S/C22H21N5O/c1-22(2)14-19(16-8-10-17(11-9-16)20(28)24-13-12-23)27-21(25-15-22)26-18-6-4-3-5-7-18/h3-11,14-15H,13H2,1-2H3,(H,24,28)(H,26,27). The van der Waals surface area contributed by atoms with Gasteiger partial charge in [0.1, 0.15) is 6.54 Å². The molecule has 0 bridgehead atoms. The van der Waals surface area contributed by atoms with Crippen LogP contribution >= 0.6 is 0 Å². The first-order valence-electron chi connectivity index (χ1n) is 8.91. The molecule has 1 amide bonds. The summed E-state index contributed by atoms with van der Waals surface area (Å²) in [5.41, 5.74) is 2.77. The zero-order chi connectivity index (χ0) is 20.0. The number of nitrogens with one attached hydrogen (secondary N) is 2. The Labute approximate surface area is 164 Å². The van der Waals surface area contributed by atoms with Crippen molar-refractivity contribution < 1.29 is 4.79 Å². The van der Waals surface area contributed by atoms with Crippen LogP contribution in [0.25, 0.3) is 5.70 Å². The maximum absolute atomic E-state index is 12.0. The van der Waals surface area contributed by atoms with E-state index in [4.69, 9.17) is 5.26 Å². The Hall–Kier alpha value is -3.72. The Morgan fingerprint density at radius 2 is 1.82 bits per heavy atom. The molecule has 2 aromatic rings. The summed E-state index contributed by atoms with van der Waals surface area (Å²) in [7, 11) is 0. The third kappa shape index (κ3) is 4.92. The van der Waals surface area contributed by atoms with Gasteiger partial charge in [-0.25, -0.2) is 9.98 Å². The van der Waals surface area contributed by atoms with Crippen molar-refractivity contribution >= 4 is 29.5 Å². The lowest BCUT2D eigenvalue weighted by atomic mass is 9.92. The molecule has 28 heavy (non-hydrogen) atoms. The Bertz CT molecular complexity index is 980. The number of para-hydroxylation sites is 1. The van der Waals surface area contributed by atoms with Crippen molar-refractivity contribution in [3.63, 3.8) is 0 Å². The number of rotatable bonds is 4. The van der Waals surface area contributed by atoms with Crippen LogP contribution in [0.3, 0.4) is 0 Å². The highest BCUT2D eigenvalue weighted by atomic mass is 16.1. The first-order valence-corrected chi connectivity index (χ1v) is 8.91. The van der Waals surface area contributed by atoms with Gasteiger partial charge in [0.05, 0.1) is 11.8 Å². The molecule has 3 rings (SSSR count). The van der Waals surface area contributed by atoms with Crippen LogP contribution in [0.5, 0.6) is 0 Å². The van der Waals surface area contributed by atoms with E-state index in [0.29, 0.717) is 11.5 Å². The number of carbonyl (C=O) groups excluding carboxylic acids is 1. The minimum Gasteiger partial charge on any atom is -0.339 e. The number of nitriles is 1. The molecule has 2 aromatic carbocycles. The average Bonchev–Trinajstić information content (AvgIpc) is 2.85. The second-order valence-corrected chi connectivity index (χ2v) is 6.95. The van der Waals surface area contributed by atoms with E-state index in [1.165, 1.54) is 0 Å². The fourth-order valence-electron chi connectivity index (χ4n) is 2.67. The first kappa shape index (κ1) is 19.1. The van der Waals surface area contributed by atoms with E-state index in [1.54, 1.807) is 12.1 Å². The van der Waals surface area contributed by atoms with Gasteiger partial charge in [-0.05, 0) is 30.3 Å². The van der Waals surface area contributed by atoms with Crippen molar-refractivity contribution in [1.29, 1.82) is 5.26 Å². The molecule has 140 valence electrons. The van der Waals surface area contributed by atoms with Gasteiger partial charge in [-0.2, -0.15) is 5.26 Å². The fraction of sp³-hybridized carbons (Fsp3) is 0.182. The normalized spacial score (nSPS) is 14.9. The molecule has 0 saturated heterocycles. The van der Waals surface area contributed by atoms with Crippen LogP contribution in [-0.2, 0) is 0 Å². The summed E-state index contributed by atoms with van der Waals surface area (Å²) in [5, 5.41) is 14.3. The van der Waals surface area contributed by atoms with Gasteiger partial charge in [0.15, 0.2) is 0 Å². The Morgan fingerprint density at radius 3 is 2.50 bits per heavy atom. The summed E-state index contributed by atoms with van der Waals surface area (Å²) in [6.07, 6.45) is 3.90. The maximum atomic E-state index is 12.0. The van der Waals surface area contributed by atoms with E-state index >= 15 is 0 Å². The number of aliphatic imine (C=N–C) groups is 2. The van der Waals surface area contributed by atoms with Gasteiger partial charge in [-0.3, -0.25) is 4.79 Å². The van der Waals surface area contributed by atoms with Crippen molar-refractivity contribution in [3.05, 3.63) is 71.8 Å². The molecule has 1 aliphatic rings. The van der Waals surface area contributed by atoms with Crippen molar-refractivity contribution in [3.8, 4) is 6.07 Å². The molecule has 0 aliphatic carbocycles. The molecule has 6 nitrogen and oxygen atoms in total. The second-order valence-electron chi connectivity index (χ2n) is 6.95. The smallest absolute Gasteiger partial charge is 0.252 e. The Balaban J connectivity index is 1.87. The lowest BCUT2D eigenvalue weighted by molar-refractivity contribution is 0.0958. The van der Waals surface area contributed by atoms with Gasteiger partial charge < -0.3 is 10.6 Å². The third-order valence-electron chi connectivity index (χ3n) is 4.06. The number of hydrogen-bond donors (Lipinski definition) is 2. The SMILES string of the molecule is CC1(C)C=NC(Nc2ccccc2)=NC(c2ccc(C(=O)NCC#N)cc2)=C1. The predicted octanol–water partition coefficient (Wildman–Crippen LogP) is 3.86. The number of benzene rings is 2. The van der Waals surface area contributed by atoms with E-state index < -0.39 is 0 Å². The Morgan fingerprint density at radius 1 is 1.11 bits per heavy atom. The summed E-state index contributed by atoms with van der Waals surface area (Å²) in [6.45, 7) is 4.10. The minimum atomic E-state index is -0.276. The van der Waals surface area contributed by atoms with Crippen LogP contribution in [-0.4, -0.2) is 24.6 Å². The molecule has 1 heterocycles. The van der Waals surface area contributed by atoms with E-state index in [0.717, 1.165) is 16.9 Å². The molecule has 6 heteroatoms. The molecule has 0 aromatic heterocycles. The summed E-state index contributed by atoms with van der Waals surface area (Å²) >= 11 is 0. The number of amides is 1. The number of carbonyl (C=O) groups is 1. The van der Waals surface area contributed by atoms with Crippen LogP contribution in [0.2, 0.25) is 0 Å². The molecule has 0 unspecified atom stereocenters. The van der Waals surface area contributed by atoms with Gasteiger partial charge in [0.2, 0.25) is 5.96 Å². The summed E-state index contributed by atoms with van der Waals surface area (Å²) in [6, 6.07) is 18.8. The average molecular weight is 371 g/mol. The van der Waals surface area contributed by atoms with E-state index in [1.807, 2.05) is 60.8 Å². The number of nitrogens with zero attached hydrogens (tertiary/aromatic N) is 3. The summed E-state index contributed by atoms with van der Waals surface area (Å²) in [4.78, 5) is 21.1. The topological polar surface area (TPSA) is 89.6 Å². The molecule has 0 atom stereocenters. The lowest BCUT2D eigenvalue weighted by Gasteiger charge is -2.13. The molecule has 0 radical (unpaired) electrons. The molecule has 0 saturated carbocycles. The highest BCUT2D eigenvalue weighted by Crippen LogP contribution is 2.27. The number of guanidine groups is 1. The van der Waals surface area contributed by atoms with Crippen LogP contribution in [0, 0.1) is 16.7 Å². The van der Waals surface area contributed by atoms with Crippen molar-refractivity contribution in [1.82, 2.24) is 5.32 Å². The predicted molar refractivity (Wildman–Crippen MR) is 112 cm³/mol. The van der Waals surface area contributed by atoms with Crippen LogP contribution < -0.4 is 10.6 Å². The number of hydrogen-bond acceptors (Lipinski definition) is 5. The largest absolute Gasteiger partial charge is 0.339 e. The lowest BCUT2D eigenvalue weighted by Crippen LogP contribution is -2.23. The van der Waals surface area contributed by atoms with Crippen LogP contribution in [0.15, 0.2) is 70.7 Å². The minimum absolute atomic E-state index is 0.0178. The zero-order valence-electron chi connectivity index (χ0n) is 15.8. The van der Waals surface area contributed by atoms with Gasteiger partial charge in [-0.15, -0.1) is 0 Å². The number of anilines is 1. The zero-order valence-corrected chi connectivity index (χ0v) is 15.8. The maximum Gasteiger partial charge on any atom is 0.252 e. The van der Waals surface area contributed by atoms with Crippen LogP contribution in [0.1, 0.15) is 29.8 Å². The van der Waals surface area contributed by atoms with E-state index in [2.05, 4.69) is 34.5 Å². The quantitative estimate of drug-likeness (QED) is 0.800. The summed E-state index contributed by atoms with van der Waals surface area (Å²) < 4.78 is 0. The molecular weight excluding hydrogens is 350 g/mol. The van der Waals surface area contributed by atoms with E-state index in [-0.39, 0.29) is 17.9 Å². The van der Waals surface area contributed by atoms with Gasteiger partial charge in [0, 0.05) is 28.4 Å². The highest BCUT2D eigenvalue weighted by Gasteiger charge is 2.18. The highest BCUT2D eigenvalue weighted by molar-refractivity contribution is 6.03. The molecule has 2 N–H and O–H groups in total. The van der Waals surface area contributed by atoms with Crippen molar-refractivity contribution in [2.45, 2.75) is 13.8 Å². The van der Waals surface area contributed by atoms with Gasteiger partial charge in [-0.1, -0.05) is 44.2 Å². The third-order valence-corrected chi connectivity index (χ3v) is 4.06. The van der Waals surface area contributed by atoms with Crippen molar-refractivity contribution in [2.24, 2.45) is 15.4 Å². The second kappa shape index (κ2) is 8.31. The van der Waals surface area contributed by atoms with Gasteiger partial charge >= 0.3 is 0 Å². The number of allylic oxidation sites excluding steroid dienone is 1. The van der Waals surface area contributed by atoms with E-state index in [9.17, 15) is 4.79 Å². The molecule has 0 fully saturated rings. The molecule has 0 spiro atoms. The monoisotopic (exact) mass is 371 g/mol.